The van der Waals surface area contributed by atoms with Gasteiger partial charge in [0.05, 0.1) is 5.69 Å². The average molecular weight is 285 g/mol. The smallest absolute Gasteiger partial charge is 0.272 e. The lowest BCUT2D eigenvalue weighted by Gasteiger charge is -2.28. The number of fused-ring (bicyclic) bond motifs is 1. The van der Waals surface area contributed by atoms with Crippen molar-refractivity contribution in [3.63, 3.8) is 0 Å². The van der Waals surface area contributed by atoms with Crippen LogP contribution < -0.4 is 0 Å². The number of aromatic nitrogens is 2. The molecule has 0 atom stereocenters. The van der Waals surface area contributed by atoms with Crippen LogP contribution >= 0.6 is 0 Å². The van der Waals surface area contributed by atoms with E-state index in [1.807, 2.05) is 24.0 Å². The second-order valence-corrected chi connectivity index (χ2v) is 5.43. The van der Waals surface area contributed by atoms with E-state index in [2.05, 4.69) is 5.10 Å². The molecule has 1 amide bonds. The van der Waals surface area contributed by atoms with Gasteiger partial charge < -0.3 is 10.0 Å². The summed E-state index contributed by atoms with van der Waals surface area (Å²) in [6.07, 6.45) is 1.64. The Labute approximate surface area is 123 Å². The highest BCUT2D eigenvalue weighted by atomic mass is 16.3. The van der Waals surface area contributed by atoms with Crippen LogP contribution in [0.4, 0.5) is 0 Å². The highest BCUT2D eigenvalue weighted by Crippen LogP contribution is 2.24. The number of amides is 1. The fraction of sp³-hybridized carbons (Fsp3) is 0.375. The molecular formula is C16H19N3O2. The lowest BCUT2D eigenvalue weighted by atomic mass is 9.99. The molecule has 1 aliphatic heterocycles. The lowest BCUT2D eigenvalue weighted by molar-refractivity contribution is 0.0723. The topological polar surface area (TPSA) is 58.4 Å². The molecule has 1 aromatic carbocycles. The van der Waals surface area contributed by atoms with Gasteiger partial charge in [-0.05, 0) is 42.2 Å². The molecule has 0 aliphatic carbocycles. The summed E-state index contributed by atoms with van der Waals surface area (Å²) in [4.78, 5) is 14.5. The normalized spacial score (nSPS) is 14.1. The third-order valence-electron chi connectivity index (χ3n) is 4.00. The van der Waals surface area contributed by atoms with E-state index in [-0.39, 0.29) is 11.7 Å². The van der Waals surface area contributed by atoms with Crippen molar-refractivity contribution in [1.82, 2.24) is 14.7 Å². The number of hydrogen-bond donors (Lipinski definition) is 1. The largest absolute Gasteiger partial charge is 0.508 e. The number of carbonyl (C=O) groups excluding carboxylic acids is 1. The lowest BCUT2D eigenvalue weighted by Crippen LogP contribution is -2.36. The van der Waals surface area contributed by atoms with Crippen LogP contribution in [0.2, 0.25) is 0 Å². The minimum absolute atomic E-state index is 0.00121. The molecule has 5 nitrogen and oxygen atoms in total. The Kier molecular flexibility index (Phi) is 3.41. The zero-order chi connectivity index (χ0) is 15.0. The minimum atomic E-state index is -0.00121. The van der Waals surface area contributed by atoms with E-state index in [0.717, 1.165) is 24.1 Å². The second kappa shape index (κ2) is 5.24. The molecule has 3 rings (SSSR count). The predicted molar refractivity (Wildman–Crippen MR) is 79.1 cm³/mol. The molecule has 0 radical (unpaired) electrons. The summed E-state index contributed by atoms with van der Waals surface area (Å²) >= 11 is 0. The molecule has 0 bridgehead atoms. The van der Waals surface area contributed by atoms with Crippen LogP contribution in [0.3, 0.4) is 0 Å². The van der Waals surface area contributed by atoms with E-state index in [9.17, 15) is 9.90 Å². The Bertz CT molecular complexity index is 691. The van der Waals surface area contributed by atoms with E-state index in [4.69, 9.17) is 0 Å². The maximum atomic E-state index is 12.6. The van der Waals surface area contributed by atoms with Gasteiger partial charge in [0.2, 0.25) is 0 Å². The number of phenolic OH excluding ortho intramolecular Hbond substituents is 1. The fourth-order valence-corrected chi connectivity index (χ4v) is 2.78. The highest BCUT2D eigenvalue weighted by Gasteiger charge is 2.24. The maximum Gasteiger partial charge on any atom is 0.272 e. The van der Waals surface area contributed by atoms with Crippen molar-refractivity contribution < 1.29 is 9.90 Å². The summed E-state index contributed by atoms with van der Waals surface area (Å²) in [6, 6.07) is 7.24. The van der Waals surface area contributed by atoms with Crippen LogP contribution in [-0.4, -0.2) is 32.2 Å². The summed E-state index contributed by atoms with van der Waals surface area (Å²) in [7, 11) is 1.80. The summed E-state index contributed by atoms with van der Waals surface area (Å²) in [5.74, 6) is 0.246. The molecule has 21 heavy (non-hydrogen) atoms. The van der Waals surface area contributed by atoms with Gasteiger partial charge in [-0.1, -0.05) is 13.0 Å². The van der Waals surface area contributed by atoms with Crippen LogP contribution in [0.1, 0.15) is 34.2 Å². The van der Waals surface area contributed by atoms with Gasteiger partial charge in [0.1, 0.15) is 11.4 Å². The second-order valence-electron chi connectivity index (χ2n) is 5.43. The molecule has 0 fully saturated rings. The first-order chi connectivity index (χ1) is 10.1. The third-order valence-corrected chi connectivity index (χ3v) is 4.00. The van der Waals surface area contributed by atoms with E-state index in [1.165, 1.54) is 5.56 Å². The van der Waals surface area contributed by atoms with Crippen LogP contribution in [0.25, 0.3) is 0 Å². The molecule has 110 valence electrons. The zero-order valence-electron chi connectivity index (χ0n) is 12.3. The first-order valence-electron chi connectivity index (χ1n) is 7.21. The highest BCUT2D eigenvalue weighted by molar-refractivity contribution is 5.92. The van der Waals surface area contributed by atoms with Crippen molar-refractivity contribution in [2.45, 2.75) is 26.3 Å². The summed E-state index contributed by atoms with van der Waals surface area (Å²) < 4.78 is 1.65. The molecule has 1 N–H and O–H groups in total. The Balaban J connectivity index is 1.85. The van der Waals surface area contributed by atoms with Crippen molar-refractivity contribution >= 4 is 5.91 Å². The predicted octanol–water partition coefficient (Wildman–Crippen LogP) is 1.89. The van der Waals surface area contributed by atoms with E-state index in [1.54, 1.807) is 23.9 Å². The number of carbonyl (C=O) groups is 1. The number of benzene rings is 1. The first kappa shape index (κ1) is 13.7. The van der Waals surface area contributed by atoms with Gasteiger partial charge in [0, 0.05) is 20.1 Å². The van der Waals surface area contributed by atoms with Gasteiger partial charge in [-0.25, -0.2) is 0 Å². The van der Waals surface area contributed by atoms with Crippen LogP contribution in [-0.2, 0) is 26.4 Å². The zero-order valence-corrected chi connectivity index (χ0v) is 12.3. The molecule has 0 unspecified atom stereocenters. The van der Waals surface area contributed by atoms with Crippen molar-refractivity contribution in [1.29, 1.82) is 0 Å². The third kappa shape index (κ3) is 2.51. The summed E-state index contributed by atoms with van der Waals surface area (Å²) in [6.45, 7) is 3.26. The van der Waals surface area contributed by atoms with Gasteiger partial charge >= 0.3 is 0 Å². The molecule has 0 spiro atoms. The van der Waals surface area contributed by atoms with Crippen molar-refractivity contribution in [3.8, 4) is 5.75 Å². The average Bonchev–Trinajstić information content (AvgIpc) is 2.87. The van der Waals surface area contributed by atoms with Gasteiger partial charge in [0.25, 0.3) is 5.91 Å². The molecule has 5 heteroatoms. The van der Waals surface area contributed by atoms with Crippen molar-refractivity contribution in [3.05, 3.63) is 46.8 Å². The van der Waals surface area contributed by atoms with E-state index < -0.39 is 0 Å². The number of nitrogens with zero attached hydrogens (tertiary/aromatic N) is 3. The van der Waals surface area contributed by atoms with Crippen molar-refractivity contribution in [2.75, 3.05) is 6.54 Å². The number of hydrogen-bond acceptors (Lipinski definition) is 3. The Morgan fingerprint density at radius 1 is 1.33 bits per heavy atom. The monoisotopic (exact) mass is 285 g/mol. The van der Waals surface area contributed by atoms with Crippen LogP contribution in [0, 0.1) is 0 Å². The Hall–Kier alpha value is -2.30. The molecule has 1 aliphatic rings. The molecule has 2 heterocycles. The van der Waals surface area contributed by atoms with Crippen LogP contribution in [0.5, 0.6) is 5.75 Å². The minimum Gasteiger partial charge on any atom is -0.508 e. The van der Waals surface area contributed by atoms with Gasteiger partial charge in [-0.2, -0.15) is 5.10 Å². The first-order valence-corrected chi connectivity index (χ1v) is 7.21. The summed E-state index contributed by atoms with van der Waals surface area (Å²) in [5, 5.41) is 13.9. The van der Waals surface area contributed by atoms with E-state index in [0.29, 0.717) is 18.8 Å². The molecule has 1 aromatic heterocycles. The fourth-order valence-electron chi connectivity index (χ4n) is 2.78. The standard InChI is InChI=1S/C16H19N3O2/c1-3-13-9-15(18(2)17-13)16(21)19-7-6-11-4-5-14(20)8-12(11)10-19/h4-5,8-9,20H,3,6-7,10H2,1-2H3. The summed E-state index contributed by atoms with van der Waals surface area (Å²) in [5.41, 5.74) is 3.77. The quantitative estimate of drug-likeness (QED) is 0.916. The van der Waals surface area contributed by atoms with Gasteiger partial charge in [-0.15, -0.1) is 0 Å². The SMILES string of the molecule is CCc1cc(C(=O)N2CCc3ccc(O)cc3C2)n(C)n1. The van der Waals surface area contributed by atoms with Crippen LogP contribution in [0.15, 0.2) is 24.3 Å². The van der Waals surface area contributed by atoms with Gasteiger partial charge in [-0.3, -0.25) is 9.48 Å². The number of phenols is 1. The van der Waals surface area contributed by atoms with Gasteiger partial charge in [0.15, 0.2) is 0 Å². The number of rotatable bonds is 2. The molecule has 0 saturated heterocycles. The van der Waals surface area contributed by atoms with Crippen molar-refractivity contribution in [2.24, 2.45) is 7.05 Å². The Morgan fingerprint density at radius 3 is 2.86 bits per heavy atom. The Morgan fingerprint density at radius 2 is 2.14 bits per heavy atom. The molecular weight excluding hydrogens is 266 g/mol. The molecule has 0 saturated carbocycles. The maximum absolute atomic E-state index is 12.6. The molecule has 2 aromatic rings. The number of aromatic hydroxyl groups is 1. The van der Waals surface area contributed by atoms with E-state index >= 15 is 0 Å². The number of aryl methyl sites for hydroxylation is 2.